The van der Waals surface area contributed by atoms with Crippen LogP contribution in [0.5, 0.6) is 5.75 Å². The Labute approximate surface area is 161 Å². The van der Waals surface area contributed by atoms with Crippen LogP contribution in [0.15, 0.2) is 83.8 Å². The third-order valence-corrected chi connectivity index (χ3v) is 4.05. The predicted molar refractivity (Wildman–Crippen MR) is 112 cm³/mol. The van der Waals surface area contributed by atoms with Crippen LogP contribution in [0.25, 0.3) is 0 Å². The first kappa shape index (κ1) is 21.8. The summed E-state index contributed by atoms with van der Waals surface area (Å²) in [5, 5.41) is 8.63. The first-order valence-corrected chi connectivity index (χ1v) is 8.89. The molecule has 1 N–H and O–H groups in total. The molecule has 0 saturated heterocycles. The molecule has 0 aliphatic rings. The number of aromatic hydroxyl groups is 1. The molecule has 0 radical (unpaired) electrons. The minimum Gasteiger partial charge on any atom is -0.508 e. The van der Waals surface area contributed by atoms with Gasteiger partial charge in [-0.3, -0.25) is 0 Å². The topological polar surface area (TPSA) is 20.2 Å². The van der Waals surface area contributed by atoms with E-state index < -0.39 is 0 Å². The second-order valence-electron chi connectivity index (χ2n) is 6.88. The maximum absolute atomic E-state index is 11.9. The number of hydrogen-bond acceptors (Lipinski definition) is 2. The van der Waals surface area contributed by atoms with E-state index in [4.69, 9.17) is 5.11 Å². The lowest BCUT2D eigenvalue weighted by molar-refractivity contribution is 0.475. The minimum atomic E-state index is -0.178. The lowest BCUT2D eigenvalue weighted by Crippen LogP contribution is -2.10. The van der Waals surface area contributed by atoms with Crippen LogP contribution in [0.1, 0.15) is 31.9 Å². The van der Waals surface area contributed by atoms with Gasteiger partial charge in [0, 0.05) is 4.90 Å². The molecule has 0 amide bonds. The Balaban J connectivity index is 0.000000207. The SMILES string of the molecule is Cc1ccc(C(C)(C)C)cc1S.Fc1ccccc1.Oc1ccccc1. The van der Waals surface area contributed by atoms with Crippen molar-refractivity contribution in [3.05, 3.63) is 95.8 Å². The Kier molecular flexibility index (Phi) is 8.94. The standard InChI is InChI=1S/C11H16S.C6H5F.C6H6O/c1-8-5-6-9(7-10(8)12)11(2,3)4;2*7-6-4-2-1-3-5-6/h5-7,12H,1-4H3;1-5H;1-5,7H. The number of benzene rings is 3. The molecule has 0 bridgehead atoms. The van der Waals surface area contributed by atoms with Gasteiger partial charge in [0.15, 0.2) is 0 Å². The Hall–Kier alpha value is -2.26. The van der Waals surface area contributed by atoms with Gasteiger partial charge in [-0.1, -0.05) is 69.3 Å². The van der Waals surface area contributed by atoms with Crippen LogP contribution in [-0.2, 0) is 5.41 Å². The van der Waals surface area contributed by atoms with Crippen LogP contribution in [0.4, 0.5) is 4.39 Å². The van der Waals surface area contributed by atoms with Crippen LogP contribution < -0.4 is 0 Å². The number of phenolic OH excluding ortho intramolecular Hbond substituents is 1. The van der Waals surface area contributed by atoms with Crippen molar-refractivity contribution in [2.24, 2.45) is 0 Å². The van der Waals surface area contributed by atoms with Crippen molar-refractivity contribution in [2.45, 2.75) is 38.0 Å². The number of aryl methyl sites for hydroxylation is 1. The molecule has 0 spiro atoms. The fourth-order valence-corrected chi connectivity index (χ4v) is 2.13. The molecule has 3 heteroatoms. The molecule has 3 rings (SSSR count). The zero-order valence-corrected chi connectivity index (χ0v) is 16.7. The largest absolute Gasteiger partial charge is 0.508 e. The Morgan fingerprint density at radius 2 is 1.31 bits per heavy atom. The van der Waals surface area contributed by atoms with E-state index in [0.717, 1.165) is 4.90 Å². The van der Waals surface area contributed by atoms with E-state index in [1.165, 1.54) is 23.3 Å². The predicted octanol–water partition coefficient (Wildman–Crippen LogP) is 6.80. The summed E-state index contributed by atoms with van der Waals surface area (Å²) in [6.07, 6.45) is 0. The van der Waals surface area contributed by atoms with Crippen molar-refractivity contribution < 1.29 is 9.50 Å². The number of rotatable bonds is 0. The average Bonchev–Trinajstić information content (AvgIpc) is 2.59. The van der Waals surface area contributed by atoms with E-state index in [0.29, 0.717) is 5.75 Å². The van der Waals surface area contributed by atoms with Gasteiger partial charge in [0.1, 0.15) is 11.6 Å². The molecule has 0 unspecified atom stereocenters. The van der Waals surface area contributed by atoms with Crippen LogP contribution >= 0.6 is 12.6 Å². The van der Waals surface area contributed by atoms with Crippen LogP contribution in [0, 0.1) is 12.7 Å². The van der Waals surface area contributed by atoms with Gasteiger partial charge in [-0.2, -0.15) is 0 Å². The number of halogens is 1. The number of thiol groups is 1. The first-order chi connectivity index (χ1) is 12.2. The van der Waals surface area contributed by atoms with Gasteiger partial charge in [-0.25, -0.2) is 4.39 Å². The molecule has 0 saturated carbocycles. The monoisotopic (exact) mass is 370 g/mol. The maximum atomic E-state index is 11.9. The van der Waals surface area contributed by atoms with Gasteiger partial charge in [-0.05, 0) is 53.8 Å². The third kappa shape index (κ3) is 8.72. The minimum absolute atomic E-state index is 0.178. The molecule has 138 valence electrons. The van der Waals surface area contributed by atoms with E-state index in [-0.39, 0.29) is 11.2 Å². The summed E-state index contributed by atoms with van der Waals surface area (Å²) in [5.41, 5.74) is 2.81. The Morgan fingerprint density at radius 3 is 1.62 bits per heavy atom. The zero-order valence-electron chi connectivity index (χ0n) is 15.8. The van der Waals surface area contributed by atoms with E-state index in [2.05, 4.69) is 58.5 Å². The van der Waals surface area contributed by atoms with Crippen LogP contribution in [-0.4, -0.2) is 5.11 Å². The normalized spacial score (nSPS) is 10.1. The Bertz CT molecular complexity index is 728. The van der Waals surface area contributed by atoms with Gasteiger partial charge in [0.05, 0.1) is 0 Å². The third-order valence-electron chi connectivity index (χ3n) is 3.56. The second kappa shape index (κ2) is 10.7. The number of hydrogen-bond donors (Lipinski definition) is 2. The molecule has 0 fully saturated rings. The molecule has 3 aromatic carbocycles. The molecule has 0 aliphatic heterocycles. The lowest BCUT2D eigenvalue weighted by atomic mass is 9.87. The summed E-state index contributed by atoms with van der Waals surface area (Å²) in [7, 11) is 0. The van der Waals surface area contributed by atoms with Gasteiger partial charge in [0.2, 0.25) is 0 Å². The zero-order chi connectivity index (χ0) is 19.6. The summed E-state index contributed by atoms with van der Waals surface area (Å²) >= 11 is 4.40. The van der Waals surface area contributed by atoms with Crippen molar-refractivity contribution in [3.63, 3.8) is 0 Å². The second-order valence-corrected chi connectivity index (χ2v) is 7.36. The molecule has 0 atom stereocenters. The van der Waals surface area contributed by atoms with Crippen LogP contribution in [0.3, 0.4) is 0 Å². The highest BCUT2D eigenvalue weighted by Gasteiger charge is 2.13. The Morgan fingerprint density at radius 1 is 0.808 bits per heavy atom. The van der Waals surface area contributed by atoms with E-state index in [9.17, 15) is 4.39 Å². The van der Waals surface area contributed by atoms with Crippen molar-refractivity contribution in [1.29, 1.82) is 0 Å². The van der Waals surface area contributed by atoms with Crippen molar-refractivity contribution >= 4 is 12.6 Å². The van der Waals surface area contributed by atoms with E-state index >= 15 is 0 Å². The quantitative estimate of drug-likeness (QED) is 0.417. The first-order valence-electron chi connectivity index (χ1n) is 8.45. The molecular weight excluding hydrogens is 343 g/mol. The summed E-state index contributed by atoms with van der Waals surface area (Å²) in [4.78, 5) is 1.09. The molecule has 0 aromatic heterocycles. The highest BCUT2D eigenvalue weighted by atomic mass is 32.1. The molecule has 26 heavy (non-hydrogen) atoms. The summed E-state index contributed by atoms with van der Waals surface area (Å²) in [5.74, 6) is 0.144. The van der Waals surface area contributed by atoms with Crippen molar-refractivity contribution in [3.8, 4) is 5.75 Å². The summed E-state index contributed by atoms with van der Waals surface area (Å²) in [6, 6.07) is 23.1. The van der Waals surface area contributed by atoms with Gasteiger partial charge < -0.3 is 5.11 Å². The maximum Gasteiger partial charge on any atom is 0.123 e. The highest BCUT2D eigenvalue weighted by molar-refractivity contribution is 7.80. The summed E-state index contributed by atoms with van der Waals surface area (Å²) < 4.78 is 11.9. The molecule has 3 aromatic rings. The fourth-order valence-electron chi connectivity index (χ4n) is 1.92. The molecule has 0 heterocycles. The van der Waals surface area contributed by atoms with Gasteiger partial charge in [0.25, 0.3) is 0 Å². The fraction of sp³-hybridized carbons (Fsp3) is 0.217. The number of phenols is 1. The number of para-hydroxylation sites is 1. The van der Waals surface area contributed by atoms with Gasteiger partial charge in [-0.15, -0.1) is 12.6 Å². The lowest BCUT2D eigenvalue weighted by Gasteiger charge is -2.19. The summed E-state index contributed by atoms with van der Waals surface area (Å²) in [6.45, 7) is 8.72. The molecule has 1 nitrogen and oxygen atoms in total. The van der Waals surface area contributed by atoms with Gasteiger partial charge >= 0.3 is 0 Å². The van der Waals surface area contributed by atoms with Crippen molar-refractivity contribution in [2.75, 3.05) is 0 Å². The van der Waals surface area contributed by atoms with E-state index in [1.807, 2.05) is 6.07 Å². The van der Waals surface area contributed by atoms with E-state index in [1.54, 1.807) is 42.5 Å². The molecule has 0 aliphatic carbocycles. The smallest absolute Gasteiger partial charge is 0.123 e. The van der Waals surface area contributed by atoms with Crippen molar-refractivity contribution in [1.82, 2.24) is 0 Å². The van der Waals surface area contributed by atoms with Crippen LogP contribution in [0.2, 0.25) is 0 Å². The molecular formula is C23H27FOS. The highest BCUT2D eigenvalue weighted by Crippen LogP contribution is 2.25. The average molecular weight is 371 g/mol.